The standard InChI is InChI=1S/C6H10N4O3/c1-5(10-4-7-8-9-10)13-6(11)3-12-2/h4-5H,3H2,1-2H3. The van der Waals surface area contributed by atoms with Crippen LogP contribution in [0.15, 0.2) is 6.33 Å². The topological polar surface area (TPSA) is 79.1 Å². The molecule has 7 nitrogen and oxygen atoms in total. The molecule has 0 fully saturated rings. The average molecular weight is 186 g/mol. The molecule has 1 aromatic rings. The SMILES string of the molecule is COCC(=O)OC(C)n1cnnn1. The van der Waals surface area contributed by atoms with Gasteiger partial charge in [0.05, 0.1) is 0 Å². The summed E-state index contributed by atoms with van der Waals surface area (Å²) in [5.41, 5.74) is 0. The Bertz CT molecular complexity index is 261. The molecule has 0 aliphatic rings. The molecule has 0 aliphatic carbocycles. The second-order valence-electron chi connectivity index (χ2n) is 2.31. The Morgan fingerprint density at radius 3 is 3.00 bits per heavy atom. The van der Waals surface area contributed by atoms with Crippen molar-refractivity contribution in [2.45, 2.75) is 13.2 Å². The molecule has 1 rings (SSSR count). The van der Waals surface area contributed by atoms with Crippen molar-refractivity contribution in [1.29, 1.82) is 0 Å². The van der Waals surface area contributed by atoms with Crippen LogP contribution in [0.2, 0.25) is 0 Å². The highest BCUT2D eigenvalue weighted by Crippen LogP contribution is 2.03. The van der Waals surface area contributed by atoms with Crippen molar-refractivity contribution in [3.05, 3.63) is 6.33 Å². The third-order valence-electron chi connectivity index (χ3n) is 1.30. The van der Waals surface area contributed by atoms with Crippen LogP contribution in [0.3, 0.4) is 0 Å². The van der Waals surface area contributed by atoms with Crippen molar-refractivity contribution in [3.63, 3.8) is 0 Å². The van der Waals surface area contributed by atoms with Gasteiger partial charge in [0.1, 0.15) is 12.9 Å². The van der Waals surface area contributed by atoms with E-state index in [0.29, 0.717) is 0 Å². The molecule has 1 aromatic heterocycles. The summed E-state index contributed by atoms with van der Waals surface area (Å²) < 4.78 is 10.8. The lowest BCUT2D eigenvalue weighted by Crippen LogP contribution is -2.18. The van der Waals surface area contributed by atoms with Gasteiger partial charge in [-0.05, 0) is 17.4 Å². The van der Waals surface area contributed by atoms with E-state index in [-0.39, 0.29) is 6.61 Å². The van der Waals surface area contributed by atoms with Crippen molar-refractivity contribution in [1.82, 2.24) is 20.2 Å². The van der Waals surface area contributed by atoms with Crippen molar-refractivity contribution < 1.29 is 14.3 Å². The zero-order valence-corrected chi connectivity index (χ0v) is 7.38. The maximum Gasteiger partial charge on any atom is 0.334 e. The van der Waals surface area contributed by atoms with E-state index in [9.17, 15) is 4.79 Å². The summed E-state index contributed by atoms with van der Waals surface area (Å²) in [5, 5.41) is 10.4. The van der Waals surface area contributed by atoms with Gasteiger partial charge in [-0.1, -0.05) is 0 Å². The van der Waals surface area contributed by atoms with Gasteiger partial charge in [-0.2, -0.15) is 4.68 Å². The van der Waals surface area contributed by atoms with Crippen LogP contribution in [0, 0.1) is 0 Å². The molecule has 0 bridgehead atoms. The van der Waals surface area contributed by atoms with Crippen molar-refractivity contribution in [2.75, 3.05) is 13.7 Å². The van der Waals surface area contributed by atoms with E-state index in [1.165, 1.54) is 18.1 Å². The zero-order valence-electron chi connectivity index (χ0n) is 7.38. The normalized spacial score (nSPS) is 12.5. The summed E-state index contributed by atoms with van der Waals surface area (Å²) in [6.45, 7) is 1.58. The minimum Gasteiger partial charge on any atom is -0.438 e. The van der Waals surface area contributed by atoms with Crippen LogP contribution in [0.5, 0.6) is 0 Å². The van der Waals surface area contributed by atoms with Gasteiger partial charge in [-0.25, -0.2) is 4.79 Å². The fraction of sp³-hybridized carbons (Fsp3) is 0.667. The Balaban J connectivity index is 2.42. The predicted molar refractivity (Wildman–Crippen MR) is 40.5 cm³/mol. The predicted octanol–water partition coefficient (Wildman–Crippen LogP) is -0.619. The van der Waals surface area contributed by atoms with Gasteiger partial charge >= 0.3 is 5.97 Å². The number of carbonyl (C=O) groups excluding carboxylic acids is 1. The van der Waals surface area contributed by atoms with E-state index in [0.717, 1.165) is 0 Å². The second kappa shape index (κ2) is 4.51. The Kier molecular flexibility index (Phi) is 3.32. The molecule has 0 aromatic carbocycles. The molecule has 13 heavy (non-hydrogen) atoms. The van der Waals surface area contributed by atoms with Crippen molar-refractivity contribution in [2.24, 2.45) is 0 Å². The first-order valence-electron chi connectivity index (χ1n) is 3.65. The van der Waals surface area contributed by atoms with Gasteiger partial charge in [-0.15, -0.1) is 5.10 Å². The Morgan fingerprint density at radius 1 is 1.69 bits per heavy atom. The molecular weight excluding hydrogens is 176 g/mol. The van der Waals surface area contributed by atoms with Crippen LogP contribution in [-0.2, 0) is 14.3 Å². The third-order valence-corrected chi connectivity index (χ3v) is 1.30. The maximum absolute atomic E-state index is 10.9. The minimum atomic E-state index is -0.516. The smallest absolute Gasteiger partial charge is 0.334 e. The highest BCUT2D eigenvalue weighted by Gasteiger charge is 2.10. The molecule has 7 heteroatoms. The van der Waals surface area contributed by atoms with E-state index < -0.39 is 12.2 Å². The number of hydrogen-bond acceptors (Lipinski definition) is 6. The molecule has 0 aliphatic heterocycles. The zero-order chi connectivity index (χ0) is 9.68. The molecule has 0 amide bonds. The summed E-state index contributed by atoms with van der Waals surface area (Å²) in [5.74, 6) is -0.453. The summed E-state index contributed by atoms with van der Waals surface area (Å²) in [4.78, 5) is 10.9. The van der Waals surface area contributed by atoms with Crippen LogP contribution in [0.1, 0.15) is 13.2 Å². The molecule has 72 valence electrons. The number of methoxy groups -OCH3 is 1. The van der Waals surface area contributed by atoms with Gasteiger partial charge in [0, 0.05) is 7.11 Å². The fourth-order valence-electron chi connectivity index (χ4n) is 0.731. The first-order chi connectivity index (χ1) is 6.24. The summed E-state index contributed by atoms with van der Waals surface area (Å²) in [6, 6.07) is 0. The highest BCUT2D eigenvalue weighted by molar-refractivity contribution is 5.70. The minimum absolute atomic E-state index is 0.0769. The number of aromatic nitrogens is 4. The lowest BCUT2D eigenvalue weighted by Gasteiger charge is -2.11. The Hall–Kier alpha value is -1.50. The van der Waals surface area contributed by atoms with Crippen molar-refractivity contribution >= 4 is 5.97 Å². The quantitative estimate of drug-likeness (QED) is 0.583. The summed E-state index contributed by atoms with van der Waals surface area (Å²) in [7, 11) is 1.42. The lowest BCUT2D eigenvalue weighted by atomic mass is 10.6. The van der Waals surface area contributed by atoms with Crippen LogP contribution in [0.25, 0.3) is 0 Å². The van der Waals surface area contributed by atoms with E-state index >= 15 is 0 Å². The van der Waals surface area contributed by atoms with Crippen LogP contribution < -0.4 is 0 Å². The van der Waals surface area contributed by atoms with Crippen LogP contribution >= 0.6 is 0 Å². The van der Waals surface area contributed by atoms with E-state index in [1.54, 1.807) is 6.92 Å². The molecule has 0 spiro atoms. The number of carbonyl (C=O) groups is 1. The maximum atomic E-state index is 10.9. The summed E-state index contributed by atoms with van der Waals surface area (Å²) >= 11 is 0. The first-order valence-corrected chi connectivity index (χ1v) is 3.65. The summed E-state index contributed by atoms with van der Waals surface area (Å²) in [6.07, 6.45) is 0.850. The number of ether oxygens (including phenoxy) is 2. The molecular formula is C6H10N4O3. The number of esters is 1. The van der Waals surface area contributed by atoms with Crippen LogP contribution in [-0.4, -0.2) is 39.9 Å². The molecule has 0 saturated heterocycles. The van der Waals surface area contributed by atoms with Gasteiger partial charge < -0.3 is 9.47 Å². The number of nitrogens with zero attached hydrogens (tertiary/aromatic N) is 4. The monoisotopic (exact) mass is 186 g/mol. The Morgan fingerprint density at radius 2 is 2.46 bits per heavy atom. The third kappa shape index (κ3) is 2.79. The van der Waals surface area contributed by atoms with Gasteiger partial charge in [0.15, 0.2) is 6.23 Å². The number of tetrazole rings is 1. The van der Waals surface area contributed by atoms with Crippen LogP contribution in [0.4, 0.5) is 0 Å². The largest absolute Gasteiger partial charge is 0.438 e. The van der Waals surface area contributed by atoms with E-state index in [1.807, 2.05) is 0 Å². The van der Waals surface area contributed by atoms with E-state index in [4.69, 9.17) is 4.74 Å². The average Bonchev–Trinajstić information content (AvgIpc) is 2.55. The van der Waals surface area contributed by atoms with E-state index in [2.05, 4.69) is 20.3 Å². The molecule has 1 heterocycles. The molecule has 1 unspecified atom stereocenters. The fourth-order valence-corrected chi connectivity index (χ4v) is 0.731. The molecule has 0 radical (unpaired) electrons. The highest BCUT2D eigenvalue weighted by atomic mass is 16.6. The number of rotatable bonds is 4. The molecule has 0 N–H and O–H groups in total. The molecule has 0 saturated carbocycles. The van der Waals surface area contributed by atoms with Gasteiger partial charge in [0.25, 0.3) is 0 Å². The lowest BCUT2D eigenvalue weighted by molar-refractivity contribution is -0.157. The first kappa shape index (κ1) is 9.59. The molecule has 1 atom stereocenters. The van der Waals surface area contributed by atoms with Crippen molar-refractivity contribution in [3.8, 4) is 0 Å². The Labute approximate surface area is 74.6 Å². The number of hydrogen-bond donors (Lipinski definition) is 0. The van der Waals surface area contributed by atoms with Gasteiger partial charge in [0.2, 0.25) is 0 Å². The second-order valence-corrected chi connectivity index (χ2v) is 2.31. The van der Waals surface area contributed by atoms with Gasteiger partial charge in [-0.3, -0.25) is 0 Å².